The average Bonchev–Trinajstić information content (AvgIpc) is 2.46. The van der Waals surface area contributed by atoms with E-state index < -0.39 is 13.8 Å². The predicted molar refractivity (Wildman–Crippen MR) is 94.9 cm³/mol. The third-order valence-electron chi connectivity index (χ3n) is 3.47. The molecule has 0 amide bonds. The van der Waals surface area contributed by atoms with E-state index in [1.807, 2.05) is 62.3 Å². The van der Waals surface area contributed by atoms with Crippen LogP contribution in [-0.2, 0) is 13.1 Å². The summed E-state index contributed by atoms with van der Waals surface area (Å²) in [4.78, 5) is 3.86. The second-order valence-electron chi connectivity index (χ2n) is 6.16. The number of nitrogens with zero attached hydrogens (tertiary/aromatic N) is 2. The van der Waals surface area contributed by atoms with Crippen LogP contribution in [0.15, 0.2) is 48.5 Å². The van der Waals surface area contributed by atoms with Crippen LogP contribution in [0.5, 0.6) is 0 Å². The molecule has 0 unspecified atom stereocenters. The molecule has 0 aromatic heterocycles. The number of benzene rings is 2. The van der Waals surface area contributed by atoms with E-state index in [2.05, 4.69) is 0 Å². The molecule has 5 heteroatoms. The summed E-state index contributed by atoms with van der Waals surface area (Å²) in [6.07, 6.45) is 0. The zero-order valence-electron chi connectivity index (χ0n) is 14.1. The van der Waals surface area contributed by atoms with Crippen LogP contribution in [0.3, 0.4) is 0 Å². The van der Waals surface area contributed by atoms with Gasteiger partial charge < -0.3 is 0 Å². The Kier molecular flexibility index (Phi) is 5.93. The van der Waals surface area contributed by atoms with E-state index in [1.54, 1.807) is 24.3 Å². The molecule has 0 heterocycles. The summed E-state index contributed by atoms with van der Waals surface area (Å²) in [5.74, 6) is 0. The monoisotopic (exact) mass is 386 g/mol. The van der Waals surface area contributed by atoms with E-state index in [-0.39, 0.29) is 8.92 Å². The molecule has 0 bridgehead atoms. The molecule has 23 heavy (non-hydrogen) atoms. The average molecular weight is 385 g/mol. The predicted octanol–water partition coefficient (Wildman–Crippen LogP) is 2.31. The van der Waals surface area contributed by atoms with Gasteiger partial charge in [0.15, 0.2) is 0 Å². The maximum atomic E-state index is 15.4. The first-order chi connectivity index (χ1) is 10.8. The van der Waals surface area contributed by atoms with Crippen molar-refractivity contribution >= 4 is 22.7 Å². The molecule has 2 rings (SSSR count). The quantitative estimate of drug-likeness (QED) is 0.705. The van der Waals surface area contributed by atoms with Gasteiger partial charge >= 0.3 is 141 Å². The summed E-state index contributed by atoms with van der Waals surface area (Å²) >= 11 is -4.95. The minimum atomic E-state index is -4.95. The Labute approximate surface area is 140 Å². The molecule has 0 aliphatic carbocycles. The fourth-order valence-electron chi connectivity index (χ4n) is 2.57. The molecule has 0 spiro atoms. The van der Waals surface area contributed by atoms with Gasteiger partial charge in [-0.25, -0.2) is 0 Å². The van der Waals surface area contributed by atoms with Gasteiger partial charge in [-0.05, 0) is 0 Å². The molecular formula is C18H24F2N2Se. The SMILES string of the molecule is CN(C)Cc1ccccc1[Se](F)(F)c1ccccc1CN(C)C. The van der Waals surface area contributed by atoms with Crippen LogP contribution in [0, 0.1) is 0 Å². The van der Waals surface area contributed by atoms with Gasteiger partial charge in [0, 0.05) is 0 Å². The van der Waals surface area contributed by atoms with Gasteiger partial charge in [-0.1, -0.05) is 0 Å². The van der Waals surface area contributed by atoms with Gasteiger partial charge in [-0.3, -0.25) is 0 Å². The fourth-order valence-corrected chi connectivity index (χ4v) is 6.05. The van der Waals surface area contributed by atoms with E-state index in [4.69, 9.17) is 0 Å². The number of rotatable bonds is 6. The third-order valence-corrected chi connectivity index (χ3v) is 7.46. The Morgan fingerprint density at radius 1 is 0.696 bits per heavy atom. The molecule has 0 saturated heterocycles. The Hall–Kier alpha value is -1.26. The summed E-state index contributed by atoms with van der Waals surface area (Å²) in [5.41, 5.74) is 1.45. The summed E-state index contributed by atoms with van der Waals surface area (Å²) in [5, 5.41) is 0. The Morgan fingerprint density at radius 3 is 1.39 bits per heavy atom. The molecule has 0 N–H and O–H groups in total. The van der Waals surface area contributed by atoms with Crippen molar-refractivity contribution in [3.05, 3.63) is 59.7 Å². The molecule has 0 atom stereocenters. The van der Waals surface area contributed by atoms with Crippen molar-refractivity contribution < 1.29 is 7.10 Å². The van der Waals surface area contributed by atoms with Crippen LogP contribution in [0.1, 0.15) is 11.1 Å². The topological polar surface area (TPSA) is 6.48 Å². The summed E-state index contributed by atoms with van der Waals surface area (Å²) in [6, 6.07) is 13.9. The molecule has 0 fully saturated rings. The standard InChI is InChI=1S/C18H24F2N2Se/c1-21(2)13-15-9-5-7-11-17(15)23(19,20)18-12-8-6-10-16(18)14-22(3)4/h5-12H,13-14H2,1-4H3. The molecule has 0 saturated carbocycles. The van der Waals surface area contributed by atoms with E-state index in [9.17, 15) is 0 Å². The van der Waals surface area contributed by atoms with Crippen LogP contribution in [-0.4, -0.2) is 51.7 Å². The Balaban J connectivity index is 2.51. The number of halogens is 2. The maximum absolute atomic E-state index is 15.4. The second kappa shape index (κ2) is 7.54. The van der Waals surface area contributed by atoms with Gasteiger partial charge in [0.05, 0.1) is 0 Å². The third kappa shape index (κ3) is 4.39. The zero-order chi connectivity index (χ0) is 17.0. The molecule has 0 aliphatic heterocycles. The van der Waals surface area contributed by atoms with Gasteiger partial charge in [0.25, 0.3) is 0 Å². The molecule has 2 aromatic carbocycles. The van der Waals surface area contributed by atoms with Gasteiger partial charge in [0.1, 0.15) is 0 Å². The van der Waals surface area contributed by atoms with E-state index in [1.165, 1.54) is 0 Å². The number of hydrogen-bond acceptors (Lipinski definition) is 2. The summed E-state index contributed by atoms with van der Waals surface area (Å²) in [7, 11) is 7.60. The van der Waals surface area contributed by atoms with Crippen molar-refractivity contribution in [3.63, 3.8) is 0 Å². The Bertz CT molecular complexity index is 601. The van der Waals surface area contributed by atoms with Crippen molar-refractivity contribution in [2.24, 2.45) is 0 Å². The van der Waals surface area contributed by atoms with E-state index >= 15 is 7.10 Å². The first-order valence-electron chi connectivity index (χ1n) is 7.50. The van der Waals surface area contributed by atoms with Crippen LogP contribution in [0.25, 0.3) is 0 Å². The van der Waals surface area contributed by atoms with E-state index in [0.717, 1.165) is 11.1 Å². The molecule has 0 aliphatic rings. The molecular weight excluding hydrogens is 361 g/mol. The van der Waals surface area contributed by atoms with Gasteiger partial charge in [-0.2, -0.15) is 0 Å². The molecule has 0 radical (unpaired) electrons. The summed E-state index contributed by atoms with van der Waals surface area (Å²) in [6.45, 7) is 1.05. The normalized spacial score (nSPS) is 12.9. The van der Waals surface area contributed by atoms with Gasteiger partial charge in [0.2, 0.25) is 0 Å². The van der Waals surface area contributed by atoms with Crippen LogP contribution >= 0.6 is 0 Å². The first-order valence-corrected chi connectivity index (χ1v) is 10.5. The number of hydrogen-bond donors (Lipinski definition) is 0. The van der Waals surface area contributed by atoms with E-state index in [0.29, 0.717) is 13.1 Å². The fraction of sp³-hybridized carbons (Fsp3) is 0.333. The second-order valence-corrected chi connectivity index (χ2v) is 9.97. The van der Waals surface area contributed by atoms with Crippen LogP contribution in [0.4, 0.5) is 7.10 Å². The van der Waals surface area contributed by atoms with Crippen molar-refractivity contribution in [3.8, 4) is 0 Å². The molecule has 2 nitrogen and oxygen atoms in total. The van der Waals surface area contributed by atoms with Crippen molar-refractivity contribution in [1.82, 2.24) is 9.80 Å². The molecule has 126 valence electrons. The first kappa shape index (κ1) is 18.1. The summed E-state index contributed by atoms with van der Waals surface area (Å²) < 4.78 is 31.3. The van der Waals surface area contributed by atoms with Crippen LogP contribution < -0.4 is 8.92 Å². The van der Waals surface area contributed by atoms with Gasteiger partial charge in [-0.15, -0.1) is 0 Å². The van der Waals surface area contributed by atoms with Crippen molar-refractivity contribution in [1.29, 1.82) is 0 Å². The Morgan fingerprint density at radius 2 is 1.04 bits per heavy atom. The van der Waals surface area contributed by atoms with Crippen molar-refractivity contribution in [2.45, 2.75) is 13.1 Å². The molecule has 2 aromatic rings. The zero-order valence-corrected chi connectivity index (χ0v) is 15.8. The van der Waals surface area contributed by atoms with Crippen LogP contribution in [0.2, 0.25) is 0 Å². The van der Waals surface area contributed by atoms with Crippen molar-refractivity contribution in [2.75, 3.05) is 28.2 Å². The minimum absolute atomic E-state index is 0.239.